The molecule has 0 spiro atoms. The van der Waals surface area contributed by atoms with Crippen LogP contribution in [0.4, 0.5) is 0 Å². The second-order valence-corrected chi connectivity index (χ2v) is 4.79. The third-order valence-electron chi connectivity index (χ3n) is 3.01. The van der Waals surface area contributed by atoms with Crippen molar-refractivity contribution in [3.8, 4) is 17.5 Å². The van der Waals surface area contributed by atoms with E-state index in [0.717, 1.165) is 16.6 Å². The Kier molecular flexibility index (Phi) is 2.73. The molecule has 0 fully saturated rings. The van der Waals surface area contributed by atoms with Gasteiger partial charge < -0.3 is 4.98 Å². The van der Waals surface area contributed by atoms with Crippen LogP contribution in [0.25, 0.3) is 22.4 Å². The molecule has 0 bridgehead atoms. The summed E-state index contributed by atoms with van der Waals surface area (Å²) in [5.74, 6) is 0.683. The molecule has 1 aromatic heterocycles. The van der Waals surface area contributed by atoms with Crippen LogP contribution in [-0.2, 0) is 0 Å². The van der Waals surface area contributed by atoms with Crippen LogP contribution in [-0.4, -0.2) is 9.97 Å². The number of para-hydroxylation sites is 1. The van der Waals surface area contributed by atoms with Gasteiger partial charge in [0, 0.05) is 5.56 Å². The van der Waals surface area contributed by atoms with Crippen molar-refractivity contribution in [3.05, 3.63) is 52.5 Å². The molecule has 0 radical (unpaired) electrons. The number of rotatable bonds is 1. The number of hydrogen-bond acceptors (Lipinski definition) is 2. The fraction of sp³-hybridized carbons (Fsp3) is 0.0667. The first-order valence-corrected chi connectivity index (χ1v) is 6.22. The van der Waals surface area contributed by atoms with Crippen LogP contribution >= 0.6 is 11.6 Å². The van der Waals surface area contributed by atoms with Gasteiger partial charge in [-0.3, -0.25) is 0 Å². The number of aromatic nitrogens is 2. The van der Waals surface area contributed by atoms with Gasteiger partial charge in [0.15, 0.2) is 0 Å². The Morgan fingerprint density at radius 3 is 2.84 bits per heavy atom. The number of hydrogen-bond donors (Lipinski definition) is 1. The standard InChI is InChI=1S/C15H10ClN3/c1-9-5-6-11(12(16)7-9)15-18-13-4-2-3-10(8-17)14(13)19-15/h2-7H,1H3,(H,18,19). The van der Waals surface area contributed by atoms with Crippen molar-refractivity contribution in [2.24, 2.45) is 0 Å². The van der Waals surface area contributed by atoms with Gasteiger partial charge in [-0.05, 0) is 36.8 Å². The Morgan fingerprint density at radius 2 is 2.11 bits per heavy atom. The lowest BCUT2D eigenvalue weighted by atomic mass is 10.1. The van der Waals surface area contributed by atoms with Crippen LogP contribution in [0.15, 0.2) is 36.4 Å². The number of nitriles is 1. The molecule has 0 saturated carbocycles. The fourth-order valence-electron chi connectivity index (χ4n) is 2.06. The van der Waals surface area contributed by atoms with Gasteiger partial charge in [0.05, 0.1) is 16.1 Å². The highest BCUT2D eigenvalue weighted by molar-refractivity contribution is 6.33. The van der Waals surface area contributed by atoms with Gasteiger partial charge in [0.2, 0.25) is 0 Å². The second kappa shape index (κ2) is 4.42. The summed E-state index contributed by atoms with van der Waals surface area (Å²) in [5.41, 5.74) is 4.01. The number of H-pyrrole nitrogens is 1. The normalized spacial score (nSPS) is 10.6. The molecule has 0 saturated heterocycles. The summed E-state index contributed by atoms with van der Waals surface area (Å²) in [5, 5.41) is 9.73. The van der Waals surface area contributed by atoms with Crippen LogP contribution in [0.2, 0.25) is 5.02 Å². The van der Waals surface area contributed by atoms with E-state index in [-0.39, 0.29) is 0 Å². The van der Waals surface area contributed by atoms with Crippen molar-refractivity contribution in [3.63, 3.8) is 0 Å². The van der Waals surface area contributed by atoms with E-state index in [1.54, 1.807) is 6.07 Å². The number of nitrogens with one attached hydrogen (secondary N) is 1. The highest BCUT2D eigenvalue weighted by atomic mass is 35.5. The first-order valence-electron chi connectivity index (χ1n) is 5.84. The van der Waals surface area contributed by atoms with E-state index in [1.165, 1.54) is 0 Å². The Morgan fingerprint density at radius 1 is 1.26 bits per heavy atom. The molecule has 4 heteroatoms. The minimum atomic E-state index is 0.559. The van der Waals surface area contributed by atoms with E-state index in [9.17, 15) is 0 Å². The molecule has 0 aliphatic rings. The zero-order valence-corrected chi connectivity index (χ0v) is 11.0. The largest absolute Gasteiger partial charge is 0.338 e. The SMILES string of the molecule is Cc1ccc(-c2nc3c(C#N)cccc3[nH]2)c(Cl)c1. The Balaban J connectivity index is 2.24. The quantitative estimate of drug-likeness (QED) is 0.723. The molecule has 19 heavy (non-hydrogen) atoms. The molecule has 0 aliphatic carbocycles. The minimum absolute atomic E-state index is 0.559. The second-order valence-electron chi connectivity index (χ2n) is 4.38. The Hall–Kier alpha value is -2.31. The molecule has 2 aromatic carbocycles. The lowest BCUT2D eigenvalue weighted by Crippen LogP contribution is -1.83. The number of aryl methyl sites for hydroxylation is 1. The van der Waals surface area contributed by atoms with E-state index in [1.807, 2.05) is 37.3 Å². The maximum Gasteiger partial charge on any atom is 0.140 e. The first-order chi connectivity index (χ1) is 9.19. The average Bonchev–Trinajstić information content (AvgIpc) is 2.81. The molecule has 0 amide bonds. The van der Waals surface area contributed by atoms with Crippen LogP contribution in [0.3, 0.4) is 0 Å². The average molecular weight is 268 g/mol. The summed E-state index contributed by atoms with van der Waals surface area (Å²) in [7, 11) is 0. The lowest BCUT2D eigenvalue weighted by Gasteiger charge is -2.01. The third kappa shape index (κ3) is 1.96. The van der Waals surface area contributed by atoms with Gasteiger partial charge in [-0.1, -0.05) is 23.7 Å². The number of benzene rings is 2. The molecule has 1 N–H and O–H groups in total. The predicted octanol–water partition coefficient (Wildman–Crippen LogP) is 4.06. The topological polar surface area (TPSA) is 52.5 Å². The highest BCUT2D eigenvalue weighted by Gasteiger charge is 2.11. The van der Waals surface area contributed by atoms with E-state index < -0.39 is 0 Å². The molecule has 3 aromatic rings. The van der Waals surface area contributed by atoms with Gasteiger partial charge in [0.25, 0.3) is 0 Å². The fourth-order valence-corrected chi connectivity index (χ4v) is 2.39. The van der Waals surface area contributed by atoms with Gasteiger partial charge in [0.1, 0.15) is 17.4 Å². The third-order valence-corrected chi connectivity index (χ3v) is 3.33. The maximum atomic E-state index is 9.08. The number of fused-ring (bicyclic) bond motifs is 1. The highest BCUT2D eigenvalue weighted by Crippen LogP contribution is 2.29. The Bertz CT molecular complexity index is 812. The Labute approximate surface area is 115 Å². The number of halogens is 1. The van der Waals surface area contributed by atoms with E-state index in [2.05, 4.69) is 16.0 Å². The number of aromatic amines is 1. The smallest absolute Gasteiger partial charge is 0.140 e. The van der Waals surface area contributed by atoms with Crippen LogP contribution in [0.5, 0.6) is 0 Å². The minimum Gasteiger partial charge on any atom is -0.338 e. The monoisotopic (exact) mass is 267 g/mol. The molecule has 0 aliphatic heterocycles. The molecule has 3 nitrogen and oxygen atoms in total. The molecule has 1 heterocycles. The lowest BCUT2D eigenvalue weighted by molar-refractivity contribution is 1.33. The van der Waals surface area contributed by atoms with Crippen molar-refractivity contribution in [1.29, 1.82) is 5.26 Å². The van der Waals surface area contributed by atoms with Crippen LogP contribution < -0.4 is 0 Å². The summed E-state index contributed by atoms with van der Waals surface area (Å²) in [6.45, 7) is 1.99. The first kappa shape index (κ1) is 11.8. The van der Waals surface area contributed by atoms with Gasteiger partial charge >= 0.3 is 0 Å². The van der Waals surface area contributed by atoms with E-state index >= 15 is 0 Å². The number of nitrogens with zero attached hydrogens (tertiary/aromatic N) is 2. The van der Waals surface area contributed by atoms with Crippen molar-refractivity contribution in [2.75, 3.05) is 0 Å². The molecule has 0 unspecified atom stereocenters. The molecular weight excluding hydrogens is 258 g/mol. The van der Waals surface area contributed by atoms with Crippen molar-refractivity contribution >= 4 is 22.6 Å². The van der Waals surface area contributed by atoms with Gasteiger partial charge in [-0.15, -0.1) is 0 Å². The molecular formula is C15H10ClN3. The summed E-state index contributed by atoms with van der Waals surface area (Å²) in [6.07, 6.45) is 0. The summed E-state index contributed by atoms with van der Waals surface area (Å²) < 4.78 is 0. The van der Waals surface area contributed by atoms with E-state index in [0.29, 0.717) is 21.9 Å². The van der Waals surface area contributed by atoms with Crippen LogP contribution in [0.1, 0.15) is 11.1 Å². The maximum absolute atomic E-state index is 9.08. The zero-order valence-electron chi connectivity index (χ0n) is 10.2. The van der Waals surface area contributed by atoms with Crippen LogP contribution in [0, 0.1) is 18.3 Å². The zero-order chi connectivity index (χ0) is 13.4. The van der Waals surface area contributed by atoms with Gasteiger partial charge in [-0.25, -0.2) is 4.98 Å². The summed E-state index contributed by atoms with van der Waals surface area (Å²) in [6, 6.07) is 13.4. The molecule has 92 valence electrons. The molecule has 3 rings (SSSR count). The van der Waals surface area contributed by atoms with Crippen molar-refractivity contribution < 1.29 is 0 Å². The summed E-state index contributed by atoms with van der Waals surface area (Å²) >= 11 is 6.24. The predicted molar refractivity (Wildman–Crippen MR) is 76.0 cm³/mol. The van der Waals surface area contributed by atoms with E-state index in [4.69, 9.17) is 16.9 Å². The van der Waals surface area contributed by atoms with Crippen molar-refractivity contribution in [2.45, 2.75) is 6.92 Å². The molecule has 0 atom stereocenters. The number of imidazole rings is 1. The summed E-state index contributed by atoms with van der Waals surface area (Å²) in [4.78, 5) is 7.68. The van der Waals surface area contributed by atoms with Crippen molar-refractivity contribution in [1.82, 2.24) is 9.97 Å². The van der Waals surface area contributed by atoms with Gasteiger partial charge in [-0.2, -0.15) is 5.26 Å².